The minimum atomic E-state index is -0.342. The molecule has 6 nitrogen and oxygen atoms in total. The average molecular weight is 427 g/mol. The second-order valence-electron chi connectivity index (χ2n) is 7.76. The quantitative estimate of drug-likeness (QED) is 0.505. The summed E-state index contributed by atoms with van der Waals surface area (Å²) in [4.78, 5) is 15.5. The first-order valence-corrected chi connectivity index (χ1v) is 10.9. The molecule has 3 aromatic rings. The van der Waals surface area contributed by atoms with Gasteiger partial charge in [0.25, 0.3) is 5.91 Å². The maximum Gasteiger partial charge on any atom is 0.270 e. The van der Waals surface area contributed by atoms with E-state index in [2.05, 4.69) is 29.2 Å². The molecule has 166 valence electrons. The number of benzene rings is 1. The summed E-state index contributed by atoms with van der Waals surface area (Å²) in [7, 11) is 0. The second kappa shape index (κ2) is 10.4. The Labute approximate surface area is 183 Å². The van der Waals surface area contributed by atoms with Gasteiger partial charge in [0.1, 0.15) is 23.0 Å². The van der Waals surface area contributed by atoms with Crippen LogP contribution in [0.4, 0.5) is 4.39 Å². The smallest absolute Gasteiger partial charge is 0.270 e. The molecule has 0 radical (unpaired) electrons. The number of rotatable bonds is 10. The van der Waals surface area contributed by atoms with Crippen LogP contribution < -0.4 is 5.32 Å². The van der Waals surface area contributed by atoms with E-state index < -0.39 is 0 Å². The zero-order valence-corrected chi connectivity index (χ0v) is 18.7. The van der Waals surface area contributed by atoms with Gasteiger partial charge < -0.3 is 14.6 Å². The fraction of sp³-hybridized carbons (Fsp3) is 0.417. The largest absolute Gasteiger partial charge is 0.460 e. The first-order chi connectivity index (χ1) is 14.9. The van der Waals surface area contributed by atoms with E-state index in [4.69, 9.17) is 4.42 Å². The number of carbonyl (C=O) groups is 1. The fourth-order valence-electron chi connectivity index (χ4n) is 3.55. The normalized spacial score (nSPS) is 12.3. The highest BCUT2D eigenvalue weighted by Gasteiger charge is 2.20. The standard InChI is InChI=1S/C24H31FN4O2/c1-5-28(6-2)15-7-8-17(3)26-24(30)22-16-21(23-14-9-18(4)31-23)27-29(22)20-12-10-19(25)11-13-20/h9-14,16-17H,5-8,15H2,1-4H3,(H,26,30). The number of aromatic nitrogens is 2. The van der Waals surface area contributed by atoms with Crippen LogP contribution >= 0.6 is 0 Å². The fourth-order valence-corrected chi connectivity index (χ4v) is 3.55. The highest BCUT2D eigenvalue weighted by atomic mass is 19.1. The summed E-state index contributed by atoms with van der Waals surface area (Å²) in [6, 6.07) is 11.3. The lowest BCUT2D eigenvalue weighted by Gasteiger charge is -2.20. The monoisotopic (exact) mass is 426 g/mol. The first-order valence-electron chi connectivity index (χ1n) is 10.9. The van der Waals surface area contributed by atoms with E-state index in [-0.39, 0.29) is 17.8 Å². The molecule has 0 saturated carbocycles. The van der Waals surface area contributed by atoms with Gasteiger partial charge in [-0.15, -0.1) is 0 Å². The molecule has 1 unspecified atom stereocenters. The van der Waals surface area contributed by atoms with Crippen molar-refractivity contribution in [1.82, 2.24) is 20.0 Å². The third-order valence-corrected chi connectivity index (χ3v) is 5.39. The van der Waals surface area contributed by atoms with Gasteiger partial charge >= 0.3 is 0 Å². The van der Waals surface area contributed by atoms with Crippen molar-refractivity contribution < 1.29 is 13.6 Å². The van der Waals surface area contributed by atoms with Gasteiger partial charge in [0.05, 0.1) is 5.69 Å². The molecule has 0 aliphatic heterocycles. The van der Waals surface area contributed by atoms with Crippen molar-refractivity contribution in [2.24, 2.45) is 0 Å². The zero-order chi connectivity index (χ0) is 22.4. The maximum atomic E-state index is 13.4. The Morgan fingerprint density at radius 2 is 1.90 bits per heavy atom. The molecule has 2 aromatic heterocycles. The van der Waals surface area contributed by atoms with Crippen molar-refractivity contribution in [1.29, 1.82) is 0 Å². The minimum Gasteiger partial charge on any atom is -0.460 e. The summed E-state index contributed by atoms with van der Waals surface area (Å²) < 4.78 is 20.6. The third kappa shape index (κ3) is 5.82. The van der Waals surface area contributed by atoms with Crippen LogP contribution in [0.1, 0.15) is 49.9 Å². The Kier molecular flexibility index (Phi) is 7.63. The number of furan rings is 1. The number of halogens is 1. The van der Waals surface area contributed by atoms with Crippen molar-refractivity contribution in [2.45, 2.75) is 46.6 Å². The van der Waals surface area contributed by atoms with Crippen LogP contribution in [0.5, 0.6) is 0 Å². The van der Waals surface area contributed by atoms with Crippen LogP contribution in [-0.2, 0) is 0 Å². The van der Waals surface area contributed by atoms with Crippen molar-refractivity contribution in [3.05, 3.63) is 59.7 Å². The molecule has 3 rings (SSSR count). The topological polar surface area (TPSA) is 63.3 Å². The molecular formula is C24H31FN4O2. The van der Waals surface area contributed by atoms with Crippen LogP contribution in [0.3, 0.4) is 0 Å². The number of carbonyl (C=O) groups excluding carboxylic acids is 1. The van der Waals surface area contributed by atoms with Gasteiger partial charge in [-0.05, 0) is 82.7 Å². The average Bonchev–Trinajstić information content (AvgIpc) is 3.38. The highest BCUT2D eigenvalue weighted by Crippen LogP contribution is 2.24. The minimum absolute atomic E-state index is 0.0222. The first kappa shape index (κ1) is 22.7. The summed E-state index contributed by atoms with van der Waals surface area (Å²) in [5, 5.41) is 7.64. The van der Waals surface area contributed by atoms with Gasteiger partial charge in [0.15, 0.2) is 5.76 Å². The Hall–Kier alpha value is -2.93. The molecule has 0 saturated heterocycles. The van der Waals surface area contributed by atoms with Crippen molar-refractivity contribution in [2.75, 3.05) is 19.6 Å². The second-order valence-corrected chi connectivity index (χ2v) is 7.76. The van der Waals surface area contributed by atoms with Gasteiger partial charge in [-0.3, -0.25) is 4.79 Å². The van der Waals surface area contributed by atoms with Crippen LogP contribution in [-0.4, -0.2) is 46.3 Å². The van der Waals surface area contributed by atoms with Gasteiger partial charge in [0.2, 0.25) is 0 Å². The molecule has 0 fully saturated rings. The van der Waals surface area contributed by atoms with Crippen LogP contribution in [0, 0.1) is 12.7 Å². The zero-order valence-electron chi connectivity index (χ0n) is 18.7. The van der Waals surface area contributed by atoms with Gasteiger partial charge in [-0.1, -0.05) is 13.8 Å². The summed E-state index contributed by atoms with van der Waals surface area (Å²) in [5.41, 5.74) is 1.54. The third-order valence-electron chi connectivity index (χ3n) is 5.39. The maximum absolute atomic E-state index is 13.4. The number of nitrogens with zero attached hydrogens (tertiary/aromatic N) is 3. The van der Waals surface area contributed by atoms with Crippen molar-refractivity contribution in [3.63, 3.8) is 0 Å². The van der Waals surface area contributed by atoms with E-state index in [9.17, 15) is 9.18 Å². The Bertz CT molecular complexity index is 989. The van der Waals surface area contributed by atoms with Crippen LogP contribution in [0.15, 0.2) is 46.9 Å². The Morgan fingerprint density at radius 1 is 1.19 bits per heavy atom. The number of nitrogens with one attached hydrogen (secondary N) is 1. The lowest BCUT2D eigenvalue weighted by atomic mass is 10.1. The number of amides is 1. The van der Waals surface area contributed by atoms with Crippen LogP contribution in [0.2, 0.25) is 0 Å². The molecule has 0 aliphatic rings. The lowest BCUT2D eigenvalue weighted by Crippen LogP contribution is -2.34. The SMILES string of the molecule is CCN(CC)CCCC(C)NC(=O)c1cc(-c2ccc(C)o2)nn1-c1ccc(F)cc1. The molecule has 1 atom stereocenters. The predicted molar refractivity (Wildman–Crippen MR) is 120 cm³/mol. The van der Waals surface area contributed by atoms with Gasteiger partial charge in [0, 0.05) is 12.1 Å². The summed E-state index contributed by atoms with van der Waals surface area (Å²) in [6.45, 7) is 11.3. The highest BCUT2D eigenvalue weighted by molar-refractivity contribution is 5.94. The van der Waals surface area contributed by atoms with Gasteiger partial charge in [-0.25, -0.2) is 9.07 Å². The van der Waals surface area contributed by atoms with E-state index in [1.54, 1.807) is 18.2 Å². The lowest BCUT2D eigenvalue weighted by molar-refractivity contribution is 0.0929. The van der Waals surface area contributed by atoms with Crippen LogP contribution in [0.25, 0.3) is 17.1 Å². The van der Waals surface area contributed by atoms with Gasteiger partial charge in [-0.2, -0.15) is 5.10 Å². The molecule has 0 spiro atoms. The summed E-state index contributed by atoms with van der Waals surface area (Å²) in [6.07, 6.45) is 1.90. The van der Waals surface area contributed by atoms with E-state index in [1.807, 2.05) is 26.0 Å². The number of hydrogen-bond acceptors (Lipinski definition) is 4. The molecule has 7 heteroatoms. The van der Waals surface area contributed by atoms with E-state index >= 15 is 0 Å². The molecule has 2 heterocycles. The molecule has 1 N–H and O–H groups in total. The van der Waals surface area contributed by atoms with Crippen molar-refractivity contribution in [3.8, 4) is 17.1 Å². The van der Waals surface area contributed by atoms with Crippen molar-refractivity contribution >= 4 is 5.91 Å². The molecule has 0 aliphatic carbocycles. The van der Waals surface area contributed by atoms with E-state index in [0.717, 1.165) is 38.2 Å². The Balaban J connectivity index is 1.78. The molecule has 31 heavy (non-hydrogen) atoms. The summed E-state index contributed by atoms with van der Waals surface area (Å²) >= 11 is 0. The van der Waals surface area contributed by atoms with E-state index in [1.165, 1.54) is 16.8 Å². The molecule has 1 amide bonds. The number of aryl methyl sites for hydroxylation is 1. The number of hydrogen-bond donors (Lipinski definition) is 1. The predicted octanol–water partition coefficient (Wildman–Crippen LogP) is 4.82. The Morgan fingerprint density at radius 3 is 2.52 bits per heavy atom. The van der Waals surface area contributed by atoms with E-state index in [0.29, 0.717) is 22.8 Å². The molecule has 0 bridgehead atoms. The molecule has 1 aromatic carbocycles. The molecular weight excluding hydrogens is 395 g/mol. The summed E-state index contributed by atoms with van der Waals surface area (Å²) in [5.74, 6) is 0.783.